The molecule has 7 amide bonds. The molecule has 13 N–H and O–H groups in total. The summed E-state index contributed by atoms with van der Waals surface area (Å²) in [4.78, 5) is 106. The maximum absolute atomic E-state index is 13.8. The zero-order chi connectivity index (χ0) is 40.0. The highest BCUT2D eigenvalue weighted by Gasteiger charge is 2.39. The van der Waals surface area contributed by atoms with Gasteiger partial charge in [0.25, 0.3) is 5.91 Å². The predicted octanol–water partition coefficient (Wildman–Crippen LogP) is -4.28. The number of likely N-dealkylation sites (tertiary alicyclic amines) is 1. The van der Waals surface area contributed by atoms with E-state index in [2.05, 4.69) is 42.4 Å². The quantitative estimate of drug-likeness (QED) is 0.0351. The maximum Gasteiger partial charge on any atom is 0.322 e. The second-order valence-electron chi connectivity index (χ2n) is 12.6. The molecule has 0 unspecified atom stereocenters. The highest BCUT2D eigenvalue weighted by atomic mass is 16.4. The molecule has 1 saturated heterocycles. The number of carboxylic acids is 1. The van der Waals surface area contributed by atoms with Crippen molar-refractivity contribution in [2.24, 2.45) is 11.5 Å². The predicted molar refractivity (Wildman–Crippen MR) is 191 cm³/mol. The summed E-state index contributed by atoms with van der Waals surface area (Å²) in [6.45, 7) is 0.649. The summed E-state index contributed by atoms with van der Waals surface area (Å²) in [7, 11) is 0. The summed E-state index contributed by atoms with van der Waals surface area (Å²) < 4.78 is 0. The molecule has 21 nitrogen and oxygen atoms in total. The van der Waals surface area contributed by atoms with Crippen molar-refractivity contribution in [2.45, 2.75) is 88.6 Å². The van der Waals surface area contributed by atoms with E-state index < -0.39 is 90.7 Å². The van der Waals surface area contributed by atoms with Gasteiger partial charge in [-0.3, -0.25) is 48.8 Å². The summed E-state index contributed by atoms with van der Waals surface area (Å²) in [5.74, 6) is -5.67. The standard InChI is InChI=1S/C33H53N11O10/c1-20(45)28(42-25(46)17-35)32(53)41-23(8-2-4-12-34)33(54)44-16-6-9-24(44)31(52)40-22(30(51)38-19-27(48)49)7-3-5-13-37-26(47)18-39-43-29(50)21-10-14-36-15-11-21/h10-11,14-15,20,22-24,28,39,45H,2-9,12-13,16-19,34-35H2,1H3,(H,37,47)(H,38,51)(H,40,52)(H,41,53)(H,42,46)(H,43,50)(H,48,49)/t20-,22+,23+,24+,28+/m1/s1. The van der Waals surface area contributed by atoms with Crippen LogP contribution in [0.2, 0.25) is 0 Å². The number of rotatable bonds is 24. The van der Waals surface area contributed by atoms with Crippen LogP contribution in [0, 0.1) is 0 Å². The van der Waals surface area contributed by atoms with Crippen LogP contribution in [0.5, 0.6) is 0 Å². The molecule has 300 valence electrons. The fourth-order valence-corrected chi connectivity index (χ4v) is 5.52. The molecule has 0 spiro atoms. The van der Waals surface area contributed by atoms with Crippen molar-refractivity contribution < 1.29 is 48.6 Å². The first-order chi connectivity index (χ1) is 25.8. The number of aliphatic carboxylic acids is 1. The summed E-state index contributed by atoms with van der Waals surface area (Å²) >= 11 is 0. The van der Waals surface area contributed by atoms with Gasteiger partial charge < -0.3 is 53.2 Å². The highest BCUT2D eigenvalue weighted by molar-refractivity contribution is 5.96. The summed E-state index contributed by atoms with van der Waals surface area (Å²) in [6.07, 6.45) is 4.18. The molecule has 0 aromatic carbocycles. The Morgan fingerprint density at radius 3 is 2.20 bits per heavy atom. The number of amides is 7. The Bertz CT molecular complexity index is 1430. The van der Waals surface area contributed by atoms with E-state index in [1.165, 1.54) is 36.4 Å². The number of hydrogen-bond donors (Lipinski definition) is 11. The van der Waals surface area contributed by atoms with Crippen LogP contribution >= 0.6 is 0 Å². The number of carbonyl (C=O) groups is 8. The van der Waals surface area contributed by atoms with E-state index >= 15 is 0 Å². The van der Waals surface area contributed by atoms with E-state index in [4.69, 9.17) is 16.6 Å². The number of carboxylic acid groups (broad SMARTS) is 1. The van der Waals surface area contributed by atoms with Crippen LogP contribution in [0.4, 0.5) is 0 Å². The van der Waals surface area contributed by atoms with Crippen LogP contribution < -0.4 is 48.9 Å². The number of hydrazine groups is 1. The molecule has 0 aliphatic carbocycles. The lowest BCUT2D eigenvalue weighted by Gasteiger charge is -2.31. The highest BCUT2D eigenvalue weighted by Crippen LogP contribution is 2.21. The fraction of sp³-hybridized carbons (Fsp3) is 0.606. The second-order valence-corrected chi connectivity index (χ2v) is 12.6. The minimum absolute atomic E-state index is 0.0704. The largest absolute Gasteiger partial charge is 0.480 e. The van der Waals surface area contributed by atoms with Gasteiger partial charge in [0.1, 0.15) is 30.7 Å². The Hall–Kier alpha value is -5.25. The third-order valence-corrected chi connectivity index (χ3v) is 8.35. The molecular weight excluding hydrogens is 710 g/mol. The molecule has 1 fully saturated rings. The number of aromatic nitrogens is 1. The molecule has 0 radical (unpaired) electrons. The van der Waals surface area contributed by atoms with E-state index in [9.17, 15) is 43.5 Å². The smallest absolute Gasteiger partial charge is 0.322 e. The SMILES string of the molecule is C[C@@H](O)[C@H](NC(=O)CN)C(=O)N[C@@H](CCCCN)C(=O)N1CCC[C@H]1C(=O)N[C@@H](CCCCNC(=O)CNNC(=O)c1ccncc1)C(=O)NCC(=O)O. The lowest BCUT2D eigenvalue weighted by atomic mass is 10.0. The molecule has 2 rings (SSSR count). The molecule has 1 aromatic rings. The van der Waals surface area contributed by atoms with E-state index in [1.54, 1.807) is 0 Å². The molecule has 0 saturated carbocycles. The van der Waals surface area contributed by atoms with Gasteiger partial charge >= 0.3 is 5.97 Å². The average Bonchev–Trinajstić information content (AvgIpc) is 3.65. The first kappa shape index (κ1) is 44.9. The number of pyridine rings is 1. The van der Waals surface area contributed by atoms with Crippen LogP contribution in [0.3, 0.4) is 0 Å². The van der Waals surface area contributed by atoms with Crippen molar-refractivity contribution in [1.82, 2.24) is 47.3 Å². The molecule has 5 atom stereocenters. The zero-order valence-electron chi connectivity index (χ0n) is 30.3. The third-order valence-electron chi connectivity index (χ3n) is 8.35. The maximum atomic E-state index is 13.8. The Morgan fingerprint density at radius 1 is 0.870 bits per heavy atom. The number of nitrogens with two attached hydrogens (primary N) is 2. The number of nitrogens with zero attached hydrogens (tertiary/aromatic N) is 2. The van der Waals surface area contributed by atoms with Crippen LogP contribution in [0.15, 0.2) is 24.5 Å². The molecule has 2 heterocycles. The fourth-order valence-electron chi connectivity index (χ4n) is 5.52. The third kappa shape index (κ3) is 15.8. The van der Waals surface area contributed by atoms with Gasteiger partial charge in [-0.15, -0.1) is 0 Å². The molecule has 1 aliphatic heterocycles. The number of hydrogen-bond acceptors (Lipinski definition) is 13. The normalized spacial score (nSPS) is 15.9. The van der Waals surface area contributed by atoms with Crippen LogP contribution in [0.25, 0.3) is 0 Å². The lowest BCUT2D eigenvalue weighted by Crippen LogP contribution is -2.59. The minimum atomic E-state index is -1.40. The molecule has 1 aromatic heterocycles. The molecule has 21 heteroatoms. The van der Waals surface area contributed by atoms with E-state index in [-0.39, 0.29) is 38.9 Å². The zero-order valence-corrected chi connectivity index (χ0v) is 30.3. The number of unbranched alkanes of at least 4 members (excludes halogenated alkanes) is 2. The molecule has 54 heavy (non-hydrogen) atoms. The Balaban J connectivity index is 2.02. The van der Waals surface area contributed by atoms with Gasteiger partial charge in [0.2, 0.25) is 35.4 Å². The summed E-state index contributed by atoms with van der Waals surface area (Å²) in [5.41, 5.74) is 16.2. The van der Waals surface area contributed by atoms with Crippen molar-refractivity contribution in [3.05, 3.63) is 30.1 Å². The van der Waals surface area contributed by atoms with Crippen molar-refractivity contribution in [3.8, 4) is 0 Å². The van der Waals surface area contributed by atoms with Crippen molar-refractivity contribution in [3.63, 3.8) is 0 Å². The summed E-state index contributed by atoms with van der Waals surface area (Å²) in [5, 5.41) is 31.7. The van der Waals surface area contributed by atoms with Gasteiger partial charge in [-0.25, -0.2) is 5.43 Å². The Kier molecular flexibility index (Phi) is 20.1. The van der Waals surface area contributed by atoms with Gasteiger partial charge in [0, 0.05) is 31.0 Å². The van der Waals surface area contributed by atoms with Crippen molar-refractivity contribution in [1.29, 1.82) is 0 Å². The van der Waals surface area contributed by atoms with Gasteiger partial charge in [-0.05, 0) is 77.0 Å². The topological polar surface area (TPSA) is 329 Å². The van der Waals surface area contributed by atoms with Crippen molar-refractivity contribution in [2.75, 3.05) is 39.3 Å². The monoisotopic (exact) mass is 763 g/mol. The number of carbonyl (C=O) groups excluding carboxylic acids is 7. The Labute approximate surface area is 312 Å². The number of aliphatic hydroxyl groups is 1. The molecule has 1 aliphatic rings. The van der Waals surface area contributed by atoms with E-state index in [0.29, 0.717) is 44.2 Å². The van der Waals surface area contributed by atoms with Crippen molar-refractivity contribution >= 4 is 47.3 Å². The van der Waals surface area contributed by atoms with Gasteiger partial charge in [0.05, 0.1) is 19.2 Å². The van der Waals surface area contributed by atoms with E-state index in [1.807, 2.05) is 0 Å². The first-order valence-corrected chi connectivity index (χ1v) is 17.8. The van der Waals surface area contributed by atoms with Gasteiger partial charge in [-0.2, -0.15) is 0 Å². The van der Waals surface area contributed by atoms with E-state index in [0.717, 1.165) is 0 Å². The second kappa shape index (κ2) is 24.1. The van der Waals surface area contributed by atoms with Crippen LogP contribution in [0.1, 0.15) is 68.6 Å². The van der Waals surface area contributed by atoms with Gasteiger partial charge in [-0.1, -0.05) is 0 Å². The summed E-state index contributed by atoms with van der Waals surface area (Å²) in [6, 6.07) is -1.71. The Morgan fingerprint density at radius 2 is 1.56 bits per heavy atom. The lowest BCUT2D eigenvalue weighted by molar-refractivity contribution is -0.143. The average molecular weight is 764 g/mol. The van der Waals surface area contributed by atoms with Crippen LogP contribution in [-0.4, -0.2) is 137 Å². The molecule has 0 bridgehead atoms. The minimum Gasteiger partial charge on any atom is -0.480 e. The molecular formula is C33H53N11O10. The van der Waals surface area contributed by atoms with Crippen LogP contribution in [-0.2, 0) is 33.6 Å². The van der Waals surface area contributed by atoms with Gasteiger partial charge in [0.15, 0.2) is 0 Å². The number of nitrogens with one attached hydrogen (secondary N) is 7. The number of aliphatic hydroxyl groups excluding tert-OH is 1. The first-order valence-electron chi connectivity index (χ1n) is 17.8.